The number of amides is 4. The average molecular weight is 971 g/mol. The first-order valence-electron chi connectivity index (χ1n) is 23.0. The molecule has 0 unspecified atom stereocenters. The highest BCUT2D eigenvalue weighted by atomic mass is 35.5. The van der Waals surface area contributed by atoms with Crippen LogP contribution in [0.15, 0.2) is 60.1 Å². The van der Waals surface area contributed by atoms with Crippen LogP contribution >= 0.6 is 22.9 Å². The van der Waals surface area contributed by atoms with Crippen molar-refractivity contribution in [2.45, 2.75) is 124 Å². The zero-order chi connectivity index (χ0) is 49.6. The third-order valence-electron chi connectivity index (χ3n) is 12.9. The van der Waals surface area contributed by atoms with Gasteiger partial charge in [-0.1, -0.05) is 84.3 Å². The van der Waals surface area contributed by atoms with Crippen molar-refractivity contribution in [3.8, 4) is 22.3 Å². The van der Waals surface area contributed by atoms with Gasteiger partial charge in [-0.25, -0.2) is 4.98 Å². The molecule has 2 aromatic carbocycles. The molecule has 2 fully saturated rings. The second kappa shape index (κ2) is 21.7. The Hall–Kier alpha value is -5.67. The maximum absolute atomic E-state index is 14.1. The molecule has 4 aromatic rings. The van der Waals surface area contributed by atoms with E-state index >= 15 is 0 Å². The summed E-state index contributed by atoms with van der Waals surface area (Å²) in [7, 11) is 0. The summed E-state index contributed by atoms with van der Waals surface area (Å²) in [6.07, 6.45) is 1.26. The van der Waals surface area contributed by atoms with Crippen molar-refractivity contribution in [1.82, 2.24) is 36.0 Å². The summed E-state index contributed by atoms with van der Waals surface area (Å²) in [6, 6.07) is 15.9. The topological polar surface area (TPSA) is 221 Å². The van der Waals surface area contributed by atoms with Crippen LogP contribution in [0, 0.1) is 34.5 Å². The number of nitrogens with one attached hydrogen (secondary N) is 4. The van der Waals surface area contributed by atoms with E-state index in [1.165, 1.54) is 4.90 Å². The largest absolute Gasteiger partial charge is 0.489 e. The van der Waals surface area contributed by atoms with Crippen LogP contribution in [0.25, 0.3) is 10.4 Å². The summed E-state index contributed by atoms with van der Waals surface area (Å²) < 4.78 is 12.0. The average Bonchev–Trinajstić information content (AvgIpc) is 3.91. The number of carbonyl (C=O) groups is 4. The molecule has 4 amide bonds. The maximum Gasteiger partial charge on any atom is 0.272 e. The van der Waals surface area contributed by atoms with Crippen LogP contribution < -0.4 is 26.0 Å². The summed E-state index contributed by atoms with van der Waals surface area (Å²) in [5.74, 6) is -0.514. The van der Waals surface area contributed by atoms with Gasteiger partial charge in [-0.05, 0) is 73.9 Å². The van der Waals surface area contributed by atoms with Crippen molar-refractivity contribution in [3.05, 3.63) is 87.6 Å². The molecule has 68 heavy (non-hydrogen) atoms. The number of rotatable bonds is 19. The van der Waals surface area contributed by atoms with Crippen LogP contribution in [-0.2, 0) is 19.1 Å². The third-order valence-corrected chi connectivity index (χ3v) is 14.2. The van der Waals surface area contributed by atoms with Crippen LogP contribution in [0.3, 0.4) is 0 Å². The van der Waals surface area contributed by atoms with E-state index in [0.717, 1.165) is 34.5 Å². The molecule has 4 atom stereocenters. The Morgan fingerprint density at radius 1 is 1.00 bits per heavy atom. The molecule has 2 aliphatic rings. The van der Waals surface area contributed by atoms with E-state index in [2.05, 4.69) is 36.4 Å². The van der Waals surface area contributed by atoms with Crippen LogP contribution in [0.2, 0.25) is 5.02 Å². The van der Waals surface area contributed by atoms with Gasteiger partial charge in [0.15, 0.2) is 5.69 Å². The van der Waals surface area contributed by atoms with Gasteiger partial charge < -0.3 is 40.7 Å². The van der Waals surface area contributed by atoms with E-state index < -0.39 is 46.2 Å². The summed E-state index contributed by atoms with van der Waals surface area (Å²) in [5.41, 5.74) is 3.73. The molecule has 0 radical (unpaired) electrons. The number of carbonyl (C=O) groups excluding carboxylic acids is 4. The molecule has 364 valence electrons. The van der Waals surface area contributed by atoms with Crippen LogP contribution in [0.4, 0.5) is 5.82 Å². The van der Waals surface area contributed by atoms with Crippen molar-refractivity contribution < 1.29 is 33.8 Å². The number of anilines is 1. The number of unbranched alkanes of at least 4 members (excludes halogenated alkanes) is 2. The molecule has 3 heterocycles. The zero-order valence-electron chi connectivity index (χ0n) is 40.3. The fraction of sp³-hybridized carbons (Fsp3) is 0.520. The molecule has 1 aliphatic carbocycles. The first-order chi connectivity index (χ1) is 32.1. The monoisotopic (exact) mass is 969 g/mol. The summed E-state index contributed by atoms with van der Waals surface area (Å²) in [6.45, 7) is 18.2. The number of aliphatic hydroxyl groups is 1. The molecule has 5 N–H and O–H groups in total. The maximum atomic E-state index is 14.1. The number of thiazole rings is 1. The van der Waals surface area contributed by atoms with Gasteiger partial charge in [0, 0.05) is 49.1 Å². The molecule has 1 saturated heterocycles. The lowest BCUT2D eigenvalue weighted by atomic mass is 9.49. The molecule has 6 rings (SSSR count). The van der Waals surface area contributed by atoms with Gasteiger partial charge in [0.05, 0.1) is 38.8 Å². The molecule has 1 aliphatic heterocycles. The standard InChI is InChI=1S/C50H64ClN9O7S/c1-29(31-13-15-32(16-14-31)41-30(2)54-28-68-41)55-44(64)38-23-34(61)26-60(38)45(65)42(48(3,4)5)56-40(62)27-66-22-12-10-11-21-53-39-20-19-37(58-59-39)43(63)57-46-49(6,7)47(50(46,8)9)67-35-18-17-33(25-52)36(51)24-35/h13-20,24,28-29,34,38,42,46-47,61H,10-12,21-23,26-27H2,1-9H3,(H,53,59)(H,55,64)(H,56,62)(H,57,63)/t29-,34+,38-,42+,46?,47?/m0/s1. The quantitative estimate of drug-likeness (QED) is 0.0599. The minimum absolute atomic E-state index is 0.0209. The first kappa shape index (κ1) is 51.7. The number of nitrogens with zero attached hydrogens (tertiary/aromatic N) is 5. The molecule has 16 nitrogen and oxygen atoms in total. The Balaban J connectivity index is 0.887. The highest BCUT2D eigenvalue weighted by molar-refractivity contribution is 7.13. The van der Waals surface area contributed by atoms with Gasteiger partial charge in [0.25, 0.3) is 5.91 Å². The van der Waals surface area contributed by atoms with E-state index in [0.29, 0.717) is 41.7 Å². The smallest absolute Gasteiger partial charge is 0.272 e. The Labute approximate surface area is 407 Å². The highest BCUT2D eigenvalue weighted by Gasteiger charge is 2.64. The van der Waals surface area contributed by atoms with Gasteiger partial charge >= 0.3 is 0 Å². The SMILES string of the molecule is Cc1ncsc1-c1ccc([C@H](C)NC(=O)[C@@H]2C[C@@H](O)CN2C(=O)[C@@H](NC(=O)COCCCCCNc2ccc(C(=O)NC3C(C)(C)C(Oc4ccc(C#N)c(Cl)c4)C3(C)C)nn2)C(C)(C)C)cc1. The molecule has 0 bridgehead atoms. The van der Waals surface area contributed by atoms with Crippen molar-refractivity contribution in [2.24, 2.45) is 16.2 Å². The number of nitriles is 1. The summed E-state index contributed by atoms with van der Waals surface area (Å²) in [5, 5.41) is 40.7. The van der Waals surface area contributed by atoms with E-state index in [9.17, 15) is 29.5 Å². The molecule has 1 saturated carbocycles. The van der Waals surface area contributed by atoms with Crippen molar-refractivity contribution >= 4 is 52.4 Å². The normalized spacial score (nSPS) is 20.3. The lowest BCUT2D eigenvalue weighted by Gasteiger charge is -2.63. The number of hydrogen-bond acceptors (Lipinski definition) is 13. The zero-order valence-corrected chi connectivity index (χ0v) is 41.9. The predicted molar refractivity (Wildman–Crippen MR) is 261 cm³/mol. The van der Waals surface area contributed by atoms with Crippen molar-refractivity contribution in [1.29, 1.82) is 5.26 Å². The van der Waals surface area contributed by atoms with E-state index in [4.69, 9.17) is 21.1 Å². The minimum Gasteiger partial charge on any atom is -0.489 e. The summed E-state index contributed by atoms with van der Waals surface area (Å²) in [4.78, 5) is 60.9. The van der Waals surface area contributed by atoms with Gasteiger partial charge in [0.1, 0.15) is 42.4 Å². The number of benzene rings is 2. The fourth-order valence-electron chi connectivity index (χ4n) is 9.45. The summed E-state index contributed by atoms with van der Waals surface area (Å²) >= 11 is 7.80. The third kappa shape index (κ3) is 12.1. The Morgan fingerprint density at radius 2 is 1.72 bits per heavy atom. The Kier molecular flexibility index (Phi) is 16.5. The lowest BCUT2D eigenvalue weighted by molar-refractivity contribution is -0.164. The van der Waals surface area contributed by atoms with E-state index in [-0.39, 0.29) is 55.3 Å². The number of likely N-dealkylation sites (tertiary alicyclic amines) is 1. The number of hydrogen-bond donors (Lipinski definition) is 5. The van der Waals surface area contributed by atoms with Crippen LogP contribution in [0.1, 0.15) is 114 Å². The first-order valence-corrected chi connectivity index (χ1v) is 24.3. The number of aliphatic hydroxyl groups excluding tert-OH is 1. The lowest BCUT2D eigenvalue weighted by Crippen LogP contribution is -2.74. The van der Waals surface area contributed by atoms with Gasteiger partial charge in [-0.15, -0.1) is 21.5 Å². The van der Waals surface area contributed by atoms with Gasteiger partial charge in [-0.3, -0.25) is 19.2 Å². The molecular weight excluding hydrogens is 906 g/mol. The van der Waals surface area contributed by atoms with Crippen molar-refractivity contribution in [3.63, 3.8) is 0 Å². The molecular formula is C50H64ClN9O7S. The van der Waals surface area contributed by atoms with Crippen molar-refractivity contribution in [2.75, 3.05) is 31.6 Å². The number of β-amino-alcohol motifs (C(OH)–C–C–N with tert-alkyl or cyclic N) is 1. The van der Waals surface area contributed by atoms with Crippen LogP contribution in [-0.4, -0.2) is 105 Å². The van der Waals surface area contributed by atoms with Gasteiger partial charge in [0.2, 0.25) is 17.7 Å². The van der Waals surface area contributed by atoms with E-state index in [1.807, 2.05) is 98.2 Å². The van der Waals surface area contributed by atoms with Gasteiger partial charge in [-0.2, -0.15) is 5.26 Å². The number of ether oxygens (including phenoxy) is 2. The highest BCUT2D eigenvalue weighted by Crippen LogP contribution is 2.55. The number of halogens is 1. The second-order valence-electron chi connectivity index (χ2n) is 20.0. The Bertz CT molecular complexity index is 2450. The van der Waals surface area contributed by atoms with Crippen LogP contribution in [0.5, 0.6) is 5.75 Å². The second-order valence-corrected chi connectivity index (χ2v) is 21.3. The molecule has 2 aromatic heterocycles. The van der Waals surface area contributed by atoms with E-state index in [1.54, 1.807) is 41.7 Å². The number of aromatic nitrogens is 3. The fourth-order valence-corrected chi connectivity index (χ4v) is 10.5. The number of aryl methyl sites for hydroxylation is 1. The predicted octanol–water partition coefficient (Wildman–Crippen LogP) is 7.01. The Morgan fingerprint density at radius 3 is 2.34 bits per heavy atom. The minimum atomic E-state index is -0.963. The molecule has 0 spiro atoms. The molecule has 18 heteroatoms.